The Hall–Kier alpha value is -1.01. The topological polar surface area (TPSA) is 58.7 Å². The Morgan fingerprint density at radius 3 is 2.90 bits per heavy atom. The minimum Gasteiger partial charge on any atom is -0.394 e. The Kier molecular flexibility index (Phi) is 4.75. The van der Waals surface area contributed by atoms with Gasteiger partial charge in [-0.15, -0.1) is 0 Å². The summed E-state index contributed by atoms with van der Waals surface area (Å²) in [5.41, 5.74) is 6.82. The zero-order valence-corrected chi connectivity index (χ0v) is 12.1. The highest BCUT2D eigenvalue weighted by Crippen LogP contribution is 2.23. The standard InChI is InChI=1S/C15H23FN2O2/c1-15(2)10-18(8-13(9-19)20-15)7-12-5-11(6-17)3-4-14(12)16/h3-5,13,19H,6-10,17H2,1-2H3. The smallest absolute Gasteiger partial charge is 0.127 e. The number of hydrogen-bond donors (Lipinski definition) is 2. The number of aliphatic hydroxyl groups excluding tert-OH is 1. The second-order valence-electron chi connectivity index (χ2n) is 5.98. The fourth-order valence-electron chi connectivity index (χ4n) is 2.75. The van der Waals surface area contributed by atoms with Crippen molar-refractivity contribution in [2.24, 2.45) is 5.73 Å². The zero-order valence-electron chi connectivity index (χ0n) is 12.1. The molecule has 0 aromatic heterocycles. The summed E-state index contributed by atoms with van der Waals surface area (Å²) in [7, 11) is 0. The predicted octanol–water partition coefficient (Wildman–Crippen LogP) is 1.26. The van der Waals surface area contributed by atoms with Crippen LogP contribution in [-0.4, -0.2) is 41.4 Å². The van der Waals surface area contributed by atoms with E-state index < -0.39 is 0 Å². The van der Waals surface area contributed by atoms with Crippen molar-refractivity contribution in [3.63, 3.8) is 0 Å². The van der Waals surface area contributed by atoms with Crippen molar-refractivity contribution in [1.82, 2.24) is 4.90 Å². The van der Waals surface area contributed by atoms with Crippen LogP contribution in [0.4, 0.5) is 4.39 Å². The molecule has 3 N–H and O–H groups in total. The average Bonchev–Trinajstić information content (AvgIpc) is 2.39. The predicted molar refractivity (Wildman–Crippen MR) is 75.6 cm³/mol. The third kappa shape index (κ3) is 3.76. The molecule has 20 heavy (non-hydrogen) atoms. The fraction of sp³-hybridized carbons (Fsp3) is 0.600. The number of benzene rings is 1. The zero-order chi connectivity index (χ0) is 14.8. The molecular formula is C15H23FN2O2. The average molecular weight is 282 g/mol. The van der Waals surface area contributed by atoms with Gasteiger partial charge in [-0.05, 0) is 25.5 Å². The lowest BCUT2D eigenvalue weighted by molar-refractivity contribution is -0.150. The van der Waals surface area contributed by atoms with Crippen LogP contribution >= 0.6 is 0 Å². The summed E-state index contributed by atoms with van der Waals surface area (Å²) >= 11 is 0. The summed E-state index contributed by atoms with van der Waals surface area (Å²) in [6.07, 6.45) is -0.223. The maximum absolute atomic E-state index is 13.9. The van der Waals surface area contributed by atoms with Crippen molar-refractivity contribution < 1.29 is 14.2 Å². The van der Waals surface area contributed by atoms with Gasteiger partial charge in [0.15, 0.2) is 0 Å². The number of ether oxygens (including phenoxy) is 1. The molecule has 1 aliphatic rings. The number of morpholine rings is 1. The number of rotatable bonds is 4. The van der Waals surface area contributed by atoms with Crippen LogP contribution in [0.3, 0.4) is 0 Å². The molecule has 1 unspecified atom stereocenters. The van der Waals surface area contributed by atoms with E-state index in [0.29, 0.717) is 31.7 Å². The summed E-state index contributed by atoms with van der Waals surface area (Å²) in [4.78, 5) is 2.11. The Bertz CT molecular complexity index is 465. The molecule has 1 aromatic rings. The molecule has 0 spiro atoms. The first kappa shape index (κ1) is 15.4. The summed E-state index contributed by atoms with van der Waals surface area (Å²) in [6, 6.07) is 4.98. The van der Waals surface area contributed by atoms with Gasteiger partial charge in [0, 0.05) is 31.7 Å². The third-order valence-electron chi connectivity index (χ3n) is 3.50. The molecule has 2 rings (SSSR count). The van der Waals surface area contributed by atoms with Crippen LogP contribution in [0.2, 0.25) is 0 Å². The molecule has 0 bridgehead atoms. The maximum Gasteiger partial charge on any atom is 0.127 e. The normalized spacial score (nSPS) is 22.9. The van der Waals surface area contributed by atoms with E-state index in [1.807, 2.05) is 19.9 Å². The van der Waals surface area contributed by atoms with Crippen LogP contribution in [0.15, 0.2) is 18.2 Å². The quantitative estimate of drug-likeness (QED) is 0.873. The summed E-state index contributed by atoms with van der Waals surface area (Å²) in [5.74, 6) is -0.216. The molecule has 1 fully saturated rings. The summed E-state index contributed by atoms with van der Waals surface area (Å²) < 4.78 is 19.6. The monoisotopic (exact) mass is 282 g/mol. The highest BCUT2D eigenvalue weighted by molar-refractivity contribution is 5.25. The third-order valence-corrected chi connectivity index (χ3v) is 3.50. The van der Waals surface area contributed by atoms with Crippen LogP contribution in [0.5, 0.6) is 0 Å². The van der Waals surface area contributed by atoms with Gasteiger partial charge < -0.3 is 15.6 Å². The van der Waals surface area contributed by atoms with E-state index in [4.69, 9.17) is 10.5 Å². The molecule has 4 nitrogen and oxygen atoms in total. The Balaban J connectivity index is 2.12. The first-order valence-electron chi connectivity index (χ1n) is 6.92. The van der Waals surface area contributed by atoms with Crippen molar-refractivity contribution in [3.8, 4) is 0 Å². The van der Waals surface area contributed by atoms with Gasteiger partial charge in [-0.1, -0.05) is 12.1 Å². The Labute approximate surface area is 119 Å². The molecule has 0 saturated carbocycles. The van der Waals surface area contributed by atoms with E-state index in [2.05, 4.69) is 4.90 Å². The largest absolute Gasteiger partial charge is 0.394 e. The first-order chi connectivity index (χ1) is 9.43. The van der Waals surface area contributed by atoms with Crippen LogP contribution in [-0.2, 0) is 17.8 Å². The van der Waals surface area contributed by atoms with Gasteiger partial charge in [0.25, 0.3) is 0 Å². The van der Waals surface area contributed by atoms with Crippen LogP contribution < -0.4 is 5.73 Å². The molecule has 1 saturated heterocycles. The van der Waals surface area contributed by atoms with E-state index in [0.717, 1.165) is 5.56 Å². The molecule has 1 heterocycles. The molecule has 0 amide bonds. The minimum atomic E-state index is -0.340. The molecule has 112 valence electrons. The molecule has 1 atom stereocenters. The second-order valence-corrected chi connectivity index (χ2v) is 5.98. The maximum atomic E-state index is 13.9. The van der Waals surface area contributed by atoms with Gasteiger partial charge in [-0.2, -0.15) is 0 Å². The van der Waals surface area contributed by atoms with Gasteiger partial charge in [0.1, 0.15) is 5.82 Å². The van der Waals surface area contributed by atoms with E-state index in [1.54, 1.807) is 6.07 Å². The SMILES string of the molecule is CC1(C)CN(Cc2cc(CN)ccc2F)CC(CO)O1. The van der Waals surface area contributed by atoms with E-state index in [-0.39, 0.29) is 24.1 Å². The van der Waals surface area contributed by atoms with E-state index >= 15 is 0 Å². The molecular weight excluding hydrogens is 259 g/mol. The second kappa shape index (κ2) is 6.18. The van der Waals surface area contributed by atoms with Crippen molar-refractivity contribution >= 4 is 0 Å². The lowest BCUT2D eigenvalue weighted by Crippen LogP contribution is -2.53. The lowest BCUT2D eigenvalue weighted by atomic mass is 10.0. The number of aliphatic hydroxyl groups is 1. The fourth-order valence-corrected chi connectivity index (χ4v) is 2.75. The van der Waals surface area contributed by atoms with Crippen LogP contribution in [0.1, 0.15) is 25.0 Å². The highest BCUT2D eigenvalue weighted by atomic mass is 19.1. The van der Waals surface area contributed by atoms with Crippen molar-refractivity contribution in [3.05, 3.63) is 35.1 Å². The first-order valence-corrected chi connectivity index (χ1v) is 6.92. The van der Waals surface area contributed by atoms with Gasteiger partial charge in [-0.3, -0.25) is 4.90 Å². The van der Waals surface area contributed by atoms with Gasteiger partial charge in [0.05, 0.1) is 18.3 Å². The molecule has 0 aliphatic carbocycles. The lowest BCUT2D eigenvalue weighted by Gasteiger charge is -2.42. The Morgan fingerprint density at radius 2 is 2.25 bits per heavy atom. The molecule has 1 aliphatic heterocycles. The van der Waals surface area contributed by atoms with Crippen LogP contribution in [0, 0.1) is 5.82 Å². The van der Waals surface area contributed by atoms with Crippen molar-refractivity contribution in [2.75, 3.05) is 19.7 Å². The van der Waals surface area contributed by atoms with Gasteiger partial charge in [-0.25, -0.2) is 4.39 Å². The van der Waals surface area contributed by atoms with Gasteiger partial charge >= 0.3 is 0 Å². The summed E-state index contributed by atoms with van der Waals surface area (Å²) in [5, 5.41) is 9.30. The number of nitrogens with zero attached hydrogens (tertiary/aromatic N) is 1. The van der Waals surface area contributed by atoms with E-state index in [9.17, 15) is 9.50 Å². The molecule has 5 heteroatoms. The highest BCUT2D eigenvalue weighted by Gasteiger charge is 2.33. The minimum absolute atomic E-state index is 0.0226. The Morgan fingerprint density at radius 1 is 1.50 bits per heavy atom. The number of nitrogens with two attached hydrogens (primary N) is 1. The molecule has 1 aromatic carbocycles. The molecule has 0 radical (unpaired) electrons. The van der Waals surface area contributed by atoms with Crippen molar-refractivity contribution in [2.45, 2.75) is 38.6 Å². The van der Waals surface area contributed by atoms with Crippen molar-refractivity contribution in [1.29, 1.82) is 0 Å². The number of hydrogen-bond acceptors (Lipinski definition) is 4. The summed E-state index contributed by atoms with van der Waals surface area (Å²) in [6.45, 7) is 6.15. The number of halogens is 1. The van der Waals surface area contributed by atoms with E-state index in [1.165, 1.54) is 6.07 Å². The van der Waals surface area contributed by atoms with Gasteiger partial charge in [0.2, 0.25) is 0 Å². The van der Waals surface area contributed by atoms with Crippen LogP contribution in [0.25, 0.3) is 0 Å².